The summed E-state index contributed by atoms with van der Waals surface area (Å²) in [5, 5.41) is 5.45. The van der Waals surface area contributed by atoms with Gasteiger partial charge in [0, 0.05) is 21.5 Å². The molecule has 0 aliphatic rings. The van der Waals surface area contributed by atoms with E-state index >= 15 is 0 Å². The van der Waals surface area contributed by atoms with E-state index in [9.17, 15) is 0 Å². The summed E-state index contributed by atoms with van der Waals surface area (Å²) in [6, 6.07) is 22.9. The number of aromatic nitrogens is 2. The Hall–Kier alpha value is -3.52. The maximum atomic E-state index is 2.50. The van der Waals surface area contributed by atoms with Crippen molar-refractivity contribution in [3.8, 4) is 0 Å². The number of nitrogens with zero attached hydrogens (tertiary/aromatic N) is 2. The molecule has 2 heteroatoms. The first-order valence-corrected chi connectivity index (χ1v) is 10.6. The third-order valence-electron chi connectivity index (χ3n) is 6.98. The monoisotopic (exact) mass is 386 g/mol. The molecule has 0 amide bonds. The first-order chi connectivity index (χ1) is 14.5. The summed E-state index contributed by atoms with van der Waals surface area (Å²) >= 11 is 0. The minimum atomic E-state index is 1.28. The Labute approximate surface area is 174 Å². The van der Waals surface area contributed by atoms with Crippen LogP contribution in [0.4, 0.5) is 0 Å². The maximum absolute atomic E-state index is 2.50. The van der Waals surface area contributed by atoms with Crippen LogP contribution < -0.4 is 0 Å². The fourth-order valence-electron chi connectivity index (χ4n) is 5.69. The van der Waals surface area contributed by atoms with Crippen LogP contribution in [-0.2, 0) is 0 Å². The van der Waals surface area contributed by atoms with Crippen molar-refractivity contribution in [1.29, 1.82) is 0 Å². The number of hydrogen-bond acceptors (Lipinski definition) is 0. The molecule has 0 atom stereocenters. The molecule has 2 nitrogen and oxygen atoms in total. The average molecular weight is 386 g/mol. The van der Waals surface area contributed by atoms with E-state index < -0.39 is 0 Å². The molecular formula is C28H22N2. The van der Waals surface area contributed by atoms with Gasteiger partial charge in [0.05, 0.1) is 33.1 Å². The molecule has 144 valence electrons. The molecule has 30 heavy (non-hydrogen) atoms. The van der Waals surface area contributed by atoms with E-state index in [1.54, 1.807) is 0 Å². The van der Waals surface area contributed by atoms with Gasteiger partial charge in [-0.1, -0.05) is 35.4 Å². The van der Waals surface area contributed by atoms with E-state index in [-0.39, 0.29) is 0 Å². The molecule has 0 spiro atoms. The maximum Gasteiger partial charge on any atom is 0.0785 e. The van der Waals surface area contributed by atoms with E-state index in [4.69, 9.17) is 0 Å². The van der Waals surface area contributed by atoms with Crippen molar-refractivity contribution in [3.63, 3.8) is 0 Å². The van der Waals surface area contributed by atoms with Crippen molar-refractivity contribution < 1.29 is 0 Å². The van der Waals surface area contributed by atoms with Crippen molar-refractivity contribution in [1.82, 2.24) is 8.80 Å². The predicted molar refractivity (Wildman–Crippen MR) is 129 cm³/mol. The van der Waals surface area contributed by atoms with Gasteiger partial charge in [0.15, 0.2) is 0 Å². The molecule has 0 aliphatic heterocycles. The number of benzene rings is 4. The Kier molecular flexibility index (Phi) is 2.79. The third-order valence-corrected chi connectivity index (χ3v) is 6.98. The Morgan fingerprint density at radius 1 is 0.467 bits per heavy atom. The lowest BCUT2D eigenvalue weighted by molar-refractivity contribution is 1.25. The highest BCUT2D eigenvalue weighted by Crippen LogP contribution is 2.42. The Morgan fingerprint density at radius 3 is 1.30 bits per heavy atom. The molecule has 7 rings (SSSR count). The van der Waals surface area contributed by atoms with Crippen molar-refractivity contribution >= 4 is 54.6 Å². The minimum absolute atomic E-state index is 1.28. The van der Waals surface area contributed by atoms with Crippen LogP contribution >= 0.6 is 0 Å². The molecule has 3 aromatic heterocycles. The molecule has 0 radical (unpaired) electrons. The van der Waals surface area contributed by atoms with Gasteiger partial charge in [0.25, 0.3) is 0 Å². The zero-order valence-corrected chi connectivity index (χ0v) is 17.7. The molecule has 4 aromatic carbocycles. The Balaban J connectivity index is 1.96. The van der Waals surface area contributed by atoms with Gasteiger partial charge in [0.1, 0.15) is 0 Å². The molecule has 0 aliphatic carbocycles. The number of fused-ring (bicyclic) bond motifs is 8. The largest absolute Gasteiger partial charge is 0.305 e. The van der Waals surface area contributed by atoms with Crippen molar-refractivity contribution in [2.45, 2.75) is 27.7 Å². The molecule has 0 saturated carbocycles. The van der Waals surface area contributed by atoms with Crippen LogP contribution in [0.1, 0.15) is 22.3 Å². The molecule has 0 saturated heterocycles. The van der Waals surface area contributed by atoms with Gasteiger partial charge in [-0.3, -0.25) is 0 Å². The number of hydrogen-bond donors (Lipinski definition) is 0. The van der Waals surface area contributed by atoms with Crippen LogP contribution in [-0.4, -0.2) is 8.80 Å². The van der Waals surface area contributed by atoms with E-state index in [0.29, 0.717) is 0 Å². The SMILES string of the molecule is Cc1ccc2c(c1)c1c(C)ccc3c1n2c1ccc(C)c2c4cc(C)ccc4n3c21. The van der Waals surface area contributed by atoms with Crippen LogP contribution in [0.3, 0.4) is 0 Å². The predicted octanol–water partition coefficient (Wildman–Crippen LogP) is 7.48. The van der Waals surface area contributed by atoms with Gasteiger partial charge < -0.3 is 8.80 Å². The third kappa shape index (κ3) is 1.72. The van der Waals surface area contributed by atoms with Gasteiger partial charge >= 0.3 is 0 Å². The van der Waals surface area contributed by atoms with Crippen molar-refractivity contribution in [2.24, 2.45) is 0 Å². The van der Waals surface area contributed by atoms with Gasteiger partial charge in [-0.05, 0) is 75.2 Å². The van der Waals surface area contributed by atoms with E-state index in [2.05, 4.69) is 97.2 Å². The zero-order valence-electron chi connectivity index (χ0n) is 17.7. The van der Waals surface area contributed by atoms with E-state index in [0.717, 1.165) is 0 Å². The molecule has 0 unspecified atom stereocenters. The zero-order chi connectivity index (χ0) is 20.3. The van der Waals surface area contributed by atoms with Gasteiger partial charge in [0.2, 0.25) is 0 Å². The first kappa shape index (κ1) is 16.3. The summed E-state index contributed by atoms with van der Waals surface area (Å²) in [6.45, 7) is 8.85. The molecule has 3 heterocycles. The second kappa shape index (κ2) is 5.14. The Bertz CT molecular complexity index is 1690. The molecule has 7 aromatic rings. The van der Waals surface area contributed by atoms with Gasteiger partial charge in [-0.2, -0.15) is 0 Å². The standard InChI is InChI=1S/C28H22N2/c1-15-5-9-21-19(13-15)25-17(3)7-11-23-27(25)29(21)24-12-8-18(4)26-20-14-16(2)6-10-22(20)30(23)28(24)26/h5-14H,1-4H3. The summed E-state index contributed by atoms with van der Waals surface area (Å²) in [5.41, 5.74) is 13.1. The normalized spacial score (nSPS) is 12.7. The second-order valence-electron chi connectivity index (χ2n) is 8.96. The first-order valence-electron chi connectivity index (χ1n) is 10.6. The summed E-state index contributed by atoms with van der Waals surface area (Å²) in [6.07, 6.45) is 0. The molecule has 0 N–H and O–H groups in total. The van der Waals surface area contributed by atoms with Crippen LogP contribution in [0, 0.1) is 27.7 Å². The summed E-state index contributed by atoms with van der Waals surface area (Å²) < 4.78 is 5.00. The molecular weight excluding hydrogens is 364 g/mol. The number of aryl methyl sites for hydroxylation is 4. The minimum Gasteiger partial charge on any atom is -0.305 e. The highest BCUT2D eigenvalue weighted by atomic mass is 15.0. The topological polar surface area (TPSA) is 8.82 Å². The quantitative estimate of drug-likeness (QED) is 0.239. The summed E-state index contributed by atoms with van der Waals surface area (Å²) in [4.78, 5) is 0. The lowest BCUT2D eigenvalue weighted by Gasteiger charge is -2.12. The fourth-order valence-corrected chi connectivity index (χ4v) is 5.69. The lowest BCUT2D eigenvalue weighted by Crippen LogP contribution is -1.97. The van der Waals surface area contributed by atoms with Crippen molar-refractivity contribution in [2.75, 3.05) is 0 Å². The average Bonchev–Trinajstić information content (AvgIpc) is 3.24. The molecule has 0 bridgehead atoms. The van der Waals surface area contributed by atoms with Gasteiger partial charge in [-0.25, -0.2) is 0 Å². The van der Waals surface area contributed by atoms with Gasteiger partial charge in [-0.15, -0.1) is 0 Å². The number of rotatable bonds is 0. The molecule has 0 fully saturated rings. The van der Waals surface area contributed by atoms with Crippen LogP contribution in [0.25, 0.3) is 54.6 Å². The van der Waals surface area contributed by atoms with E-state index in [1.165, 1.54) is 76.9 Å². The summed E-state index contributed by atoms with van der Waals surface area (Å²) in [7, 11) is 0. The second-order valence-corrected chi connectivity index (χ2v) is 8.96. The highest BCUT2D eigenvalue weighted by molar-refractivity contribution is 6.23. The van der Waals surface area contributed by atoms with Crippen molar-refractivity contribution in [3.05, 3.63) is 82.9 Å². The van der Waals surface area contributed by atoms with Crippen LogP contribution in [0.2, 0.25) is 0 Å². The van der Waals surface area contributed by atoms with E-state index in [1.807, 2.05) is 0 Å². The summed E-state index contributed by atoms with van der Waals surface area (Å²) in [5.74, 6) is 0. The van der Waals surface area contributed by atoms with Crippen LogP contribution in [0.5, 0.6) is 0 Å². The smallest absolute Gasteiger partial charge is 0.0785 e. The Morgan fingerprint density at radius 2 is 0.867 bits per heavy atom. The van der Waals surface area contributed by atoms with Crippen LogP contribution in [0.15, 0.2) is 60.7 Å². The fraction of sp³-hybridized carbons (Fsp3) is 0.143. The lowest BCUT2D eigenvalue weighted by atomic mass is 10.0. The highest BCUT2D eigenvalue weighted by Gasteiger charge is 2.22.